The minimum absolute atomic E-state index is 0.181. The number of thiazole rings is 1. The number of amides is 1. The second kappa shape index (κ2) is 9.29. The van der Waals surface area contributed by atoms with E-state index in [2.05, 4.69) is 10.3 Å². The molecule has 168 valence electrons. The first kappa shape index (κ1) is 22.9. The number of anilines is 1. The summed E-state index contributed by atoms with van der Waals surface area (Å²) in [5, 5.41) is 4.16. The molecular formula is C22H22ClN3O4S2. The van der Waals surface area contributed by atoms with Gasteiger partial charge in [-0.05, 0) is 43.7 Å². The molecule has 0 unspecified atom stereocenters. The van der Waals surface area contributed by atoms with Crippen molar-refractivity contribution < 1.29 is 17.9 Å². The Balaban J connectivity index is 1.58. The fourth-order valence-corrected chi connectivity index (χ4v) is 6.14. The van der Waals surface area contributed by atoms with Gasteiger partial charge >= 0.3 is 0 Å². The lowest BCUT2D eigenvalue weighted by atomic mass is 10.2. The van der Waals surface area contributed by atoms with Crippen LogP contribution in [0.25, 0.3) is 10.6 Å². The Kier molecular flexibility index (Phi) is 6.64. The third-order valence-electron chi connectivity index (χ3n) is 5.13. The van der Waals surface area contributed by atoms with Crippen LogP contribution in [0.1, 0.15) is 20.9 Å². The van der Waals surface area contributed by atoms with Crippen molar-refractivity contribution in [3.63, 3.8) is 0 Å². The van der Waals surface area contributed by atoms with E-state index in [1.807, 2.05) is 12.1 Å². The normalized spacial score (nSPS) is 15.0. The molecule has 0 bridgehead atoms. The number of hydrogen-bond donors (Lipinski definition) is 1. The maximum absolute atomic E-state index is 13.1. The molecule has 3 aromatic rings. The predicted octanol–water partition coefficient (Wildman–Crippen LogP) is 4.35. The third kappa shape index (κ3) is 4.72. The molecule has 1 aliphatic heterocycles. The standard InChI is InChI=1S/C22H22ClN3O4S2/c1-14-3-8-18(13-19(14)32(28,29)26-9-11-30-12-10-26)25-21(27)20-15(2)24-22(31-20)16-4-6-17(23)7-5-16/h3-8,13H,9-12H2,1-2H3,(H,25,27). The van der Waals surface area contributed by atoms with Crippen molar-refractivity contribution in [3.05, 3.63) is 63.6 Å². The van der Waals surface area contributed by atoms with Crippen LogP contribution in [0.4, 0.5) is 5.69 Å². The van der Waals surface area contributed by atoms with Crippen molar-refractivity contribution in [3.8, 4) is 10.6 Å². The van der Waals surface area contributed by atoms with Crippen LogP contribution in [0, 0.1) is 13.8 Å². The molecule has 0 spiro atoms. The molecular weight excluding hydrogens is 470 g/mol. The molecule has 0 atom stereocenters. The molecule has 0 radical (unpaired) electrons. The van der Waals surface area contributed by atoms with Crippen molar-refractivity contribution in [1.29, 1.82) is 0 Å². The fourth-order valence-electron chi connectivity index (χ4n) is 3.39. The maximum atomic E-state index is 13.1. The van der Waals surface area contributed by atoms with Crippen molar-refractivity contribution in [1.82, 2.24) is 9.29 Å². The Bertz CT molecular complexity index is 1250. The van der Waals surface area contributed by atoms with Crippen LogP contribution in [-0.2, 0) is 14.8 Å². The summed E-state index contributed by atoms with van der Waals surface area (Å²) in [6.07, 6.45) is 0. The molecule has 32 heavy (non-hydrogen) atoms. The largest absolute Gasteiger partial charge is 0.379 e. The number of rotatable bonds is 5. The minimum atomic E-state index is -3.68. The number of hydrogen-bond acceptors (Lipinski definition) is 6. The Morgan fingerprint density at radius 2 is 1.81 bits per heavy atom. The summed E-state index contributed by atoms with van der Waals surface area (Å²) < 4.78 is 32.9. The Labute approximate surface area is 196 Å². The van der Waals surface area contributed by atoms with Gasteiger partial charge in [0.25, 0.3) is 5.91 Å². The van der Waals surface area contributed by atoms with Gasteiger partial charge in [-0.2, -0.15) is 4.31 Å². The molecule has 1 saturated heterocycles. The molecule has 7 nitrogen and oxygen atoms in total. The van der Waals surface area contributed by atoms with E-state index in [1.165, 1.54) is 21.7 Å². The first-order valence-electron chi connectivity index (χ1n) is 9.99. The van der Waals surface area contributed by atoms with Crippen LogP contribution in [-0.4, -0.2) is 49.9 Å². The zero-order chi connectivity index (χ0) is 22.9. The Hall–Kier alpha value is -2.30. The lowest BCUT2D eigenvalue weighted by molar-refractivity contribution is 0.0730. The smallest absolute Gasteiger partial charge is 0.267 e. The van der Waals surface area contributed by atoms with Crippen LogP contribution in [0.3, 0.4) is 0 Å². The number of halogens is 1. The molecule has 10 heteroatoms. The second-order valence-corrected chi connectivity index (χ2v) is 10.7. The van der Waals surface area contributed by atoms with Crippen LogP contribution < -0.4 is 5.32 Å². The third-order valence-corrected chi connectivity index (χ3v) is 8.63. The van der Waals surface area contributed by atoms with E-state index in [4.69, 9.17) is 16.3 Å². The number of nitrogens with zero attached hydrogens (tertiary/aromatic N) is 2. The van der Waals surface area contributed by atoms with E-state index < -0.39 is 10.0 Å². The molecule has 1 aromatic heterocycles. The highest BCUT2D eigenvalue weighted by Crippen LogP contribution is 2.30. The highest BCUT2D eigenvalue weighted by Gasteiger charge is 2.28. The maximum Gasteiger partial charge on any atom is 0.267 e. The van der Waals surface area contributed by atoms with Crippen molar-refractivity contribution in [2.24, 2.45) is 0 Å². The molecule has 4 rings (SSSR count). The number of sulfonamides is 1. The van der Waals surface area contributed by atoms with Gasteiger partial charge < -0.3 is 10.1 Å². The minimum Gasteiger partial charge on any atom is -0.379 e. The average molecular weight is 492 g/mol. The summed E-state index contributed by atoms with van der Waals surface area (Å²) in [4.78, 5) is 18.1. The van der Waals surface area contributed by atoms with Crippen LogP contribution >= 0.6 is 22.9 Å². The van der Waals surface area contributed by atoms with E-state index >= 15 is 0 Å². The summed E-state index contributed by atoms with van der Waals surface area (Å²) in [6.45, 7) is 4.88. The van der Waals surface area contributed by atoms with E-state index in [1.54, 1.807) is 38.1 Å². The molecule has 2 aromatic carbocycles. The highest BCUT2D eigenvalue weighted by atomic mass is 35.5. The second-order valence-electron chi connectivity index (χ2n) is 7.39. The predicted molar refractivity (Wildman–Crippen MR) is 126 cm³/mol. The summed E-state index contributed by atoms with van der Waals surface area (Å²) >= 11 is 7.22. The number of benzene rings is 2. The summed E-state index contributed by atoms with van der Waals surface area (Å²) in [7, 11) is -3.68. The van der Waals surface area contributed by atoms with Gasteiger partial charge in [0.2, 0.25) is 10.0 Å². The molecule has 1 aliphatic rings. The Morgan fingerprint density at radius 1 is 1.12 bits per heavy atom. The number of aromatic nitrogens is 1. The van der Waals surface area contributed by atoms with Gasteiger partial charge in [0.05, 0.1) is 23.8 Å². The fraction of sp³-hybridized carbons (Fsp3) is 0.273. The number of nitrogens with one attached hydrogen (secondary N) is 1. The van der Waals surface area contributed by atoms with Crippen LogP contribution in [0.15, 0.2) is 47.4 Å². The van der Waals surface area contributed by atoms with Crippen molar-refractivity contribution in [2.75, 3.05) is 31.6 Å². The molecule has 2 heterocycles. The van der Waals surface area contributed by atoms with Crippen LogP contribution in [0.2, 0.25) is 5.02 Å². The molecule has 1 N–H and O–H groups in total. The summed E-state index contributed by atoms with van der Waals surface area (Å²) in [5.74, 6) is -0.334. The molecule has 1 amide bonds. The van der Waals surface area contributed by atoms with Gasteiger partial charge in [0, 0.05) is 29.4 Å². The van der Waals surface area contributed by atoms with E-state index in [0.717, 1.165) is 5.56 Å². The first-order valence-corrected chi connectivity index (χ1v) is 12.6. The molecule has 1 fully saturated rings. The lowest BCUT2D eigenvalue weighted by Gasteiger charge is -2.26. The number of carbonyl (C=O) groups excluding carboxylic acids is 1. The number of carbonyl (C=O) groups is 1. The average Bonchev–Trinajstić information content (AvgIpc) is 3.18. The summed E-state index contributed by atoms with van der Waals surface area (Å²) in [5.41, 5.74) is 2.50. The summed E-state index contributed by atoms with van der Waals surface area (Å²) in [6, 6.07) is 12.2. The first-order chi connectivity index (χ1) is 15.3. The van der Waals surface area contributed by atoms with Gasteiger partial charge in [0.1, 0.15) is 9.88 Å². The zero-order valence-corrected chi connectivity index (χ0v) is 20.0. The quantitative estimate of drug-likeness (QED) is 0.573. The van der Waals surface area contributed by atoms with E-state index in [-0.39, 0.29) is 10.8 Å². The number of aryl methyl sites for hydroxylation is 2. The SMILES string of the molecule is Cc1ccc(NC(=O)c2sc(-c3ccc(Cl)cc3)nc2C)cc1S(=O)(=O)N1CCOCC1. The number of morpholine rings is 1. The van der Waals surface area contributed by atoms with Crippen molar-refractivity contribution in [2.45, 2.75) is 18.7 Å². The highest BCUT2D eigenvalue weighted by molar-refractivity contribution is 7.89. The van der Waals surface area contributed by atoms with Gasteiger partial charge in [-0.15, -0.1) is 11.3 Å². The lowest BCUT2D eigenvalue weighted by Crippen LogP contribution is -2.40. The van der Waals surface area contributed by atoms with Gasteiger partial charge in [0.15, 0.2) is 0 Å². The topological polar surface area (TPSA) is 88.6 Å². The Morgan fingerprint density at radius 3 is 2.50 bits per heavy atom. The van der Waals surface area contributed by atoms with Crippen molar-refractivity contribution >= 4 is 44.6 Å². The van der Waals surface area contributed by atoms with Gasteiger partial charge in [-0.25, -0.2) is 13.4 Å². The monoisotopic (exact) mass is 491 g/mol. The zero-order valence-electron chi connectivity index (χ0n) is 17.6. The molecule has 0 aliphatic carbocycles. The van der Waals surface area contributed by atoms with Gasteiger partial charge in [-0.1, -0.05) is 29.8 Å². The number of ether oxygens (including phenoxy) is 1. The van der Waals surface area contributed by atoms with Gasteiger partial charge in [-0.3, -0.25) is 4.79 Å². The van der Waals surface area contributed by atoms with E-state index in [0.29, 0.717) is 58.2 Å². The van der Waals surface area contributed by atoms with Crippen LogP contribution in [0.5, 0.6) is 0 Å². The molecule has 0 saturated carbocycles. The van der Waals surface area contributed by atoms with E-state index in [9.17, 15) is 13.2 Å².